The van der Waals surface area contributed by atoms with Crippen molar-refractivity contribution in [3.8, 4) is 0 Å². The molecule has 0 bridgehead atoms. The summed E-state index contributed by atoms with van der Waals surface area (Å²) in [6, 6.07) is 8.08. The van der Waals surface area contributed by atoms with Crippen LogP contribution in [0.1, 0.15) is 54.0 Å². The van der Waals surface area contributed by atoms with Gasteiger partial charge in [0, 0.05) is 0 Å². The third kappa shape index (κ3) is 8.53. The third-order valence-corrected chi connectivity index (χ3v) is 10.5. The standard InChI is InChI=1S/C15H32NSi.C9H12N.CH3.Sc/c1-10-11(2)13(4)14(12(10)3)17(8,9)16-15(5,6)7;1-8-6-4-5-7-9(8)10(2)3;;/h10-14H,1-9H3;4-7H,1H2,2-3H3;1H3;/q3*-1;+3. The monoisotopic (exact) mass is 448 g/mol. The molecule has 4 heteroatoms. The molecule has 0 N–H and O–H groups in total. The molecule has 1 aliphatic carbocycles. The van der Waals surface area contributed by atoms with E-state index >= 15 is 0 Å². The molecule has 1 aromatic rings. The SMILES string of the molecule is CC1C(C)C(C)C([Si](C)(C)[N-]C(C)(C)C)C1C.[CH2-]c1ccccc1N(C)C.[CH3-].[Sc+3]. The van der Waals surface area contributed by atoms with Crippen LogP contribution in [0.5, 0.6) is 0 Å². The Labute approximate surface area is 203 Å². The largest absolute Gasteiger partial charge is 3.00 e. The van der Waals surface area contributed by atoms with Crippen LogP contribution in [0.15, 0.2) is 24.3 Å². The van der Waals surface area contributed by atoms with Crippen LogP contribution in [0.4, 0.5) is 5.69 Å². The minimum absolute atomic E-state index is 0. The van der Waals surface area contributed by atoms with E-state index in [4.69, 9.17) is 4.98 Å². The summed E-state index contributed by atoms with van der Waals surface area (Å²) < 4.78 is 0. The van der Waals surface area contributed by atoms with Gasteiger partial charge in [0.2, 0.25) is 0 Å². The van der Waals surface area contributed by atoms with Gasteiger partial charge in [-0.05, 0) is 37.8 Å². The van der Waals surface area contributed by atoms with Crippen LogP contribution in [0.3, 0.4) is 0 Å². The first-order chi connectivity index (χ1) is 12.2. The quantitative estimate of drug-likeness (QED) is 0.342. The fourth-order valence-electron chi connectivity index (χ4n) is 5.26. The summed E-state index contributed by atoms with van der Waals surface area (Å²) in [5, 5.41) is 0. The smallest absolute Gasteiger partial charge is 0.660 e. The molecule has 0 heterocycles. The second kappa shape index (κ2) is 12.1. The Kier molecular flexibility index (Phi) is 13.0. The fraction of sp³-hybridized carbons (Fsp3) is 0.680. The number of para-hydroxylation sites is 1. The van der Waals surface area contributed by atoms with Crippen molar-refractivity contribution < 1.29 is 25.8 Å². The molecular formula is C25H47N2ScSi. The van der Waals surface area contributed by atoms with Gasteiger partial charge < -0.3 is 17.3 Å². The number of rotatable bonds is 3. The Bertz CT molecular complexity index is 581. The molecule has 4 unspecified atom stereocenters. The number of hydrogen-bond donors (Lipinski definition) is 0. The van der Waals surface area contributed by atoms with Crippen molar-refractivity contribution in [2.45, 2.75) is 72.6 Å². The van der Waals surface area contributed by atoms with Gasteiger partial charge >= 0.3 is 25.8 Å². The van der Waals surface area contributed by atoms with Crippen LogP contribution in [-0.4, -0.2) is 27.9 Å². The predicted molar refractivity (Wildman–Crippen MR) is 133 cm³/mol. The first-order valence-electron chi connectivity index (χ1n) is 10.5. The minimum atomic E-state index is -1.49. The van der Waals surface area contributed by atoms with Gasteiger partial charge in [-0.2, -0.15) is 18.6 Å². The van der Waals surface area contributed by atoms with E-state index in [-0.39, 0.29) is 38.8 Å². The molecule has 29 heavy (non-hydrogen) atoms. The van der Waals surface area contributed by atoms with Crippen LogP contribution >= 0.6 is 0 Å². The Morgan fingerprint density at radius 3 is 1.62 bits per heavy atom. The second-order valence-corrected chi connectivity index (χ2v) is 14.6. The van der Waals surface area contributed by atoms with Crippen molar-refractivity contribution in [1.82, 2.24) is 0 Å². The molecule has 0 aliphatic heterocycles. The van der Waals surface area contributed by atoms with E-state index in [0.717, 1.165) is 34.8 Å². The molecule has 0 spiro atoms. The number of anilines is 1. The van der Waals surface area contributed by atoms with Crippen LogP contribution in [-0.2, 0) is 25.8 Å². The van der Waals surface area contributed by atoms with Gasteiger partial charge in [-0.3, -0.25) is 0 Å². The van der Waals surface area contributed by atoms with E-state index < -0.39 is 8.24 Å². The van der Waals surface area contributed by atoms with E-state index in [1.54, 1.807) is 0 Å². The number of benzene rings is 1. The van der Waals surface area contributed by atoms with E-state index in [1.807, 2.05) is 32.3 Å². The Morgan fingerprint density at radius 2 is 1.31 bits per heavy atom. The van der Waals surface area contributed by atoms with Crippen molar-refractivity contribution >= 4 is 13.9 Å². The summed E-state index contributed by atoms with van der Waals surface area (Å²) in [6.45, 7) is 25.4. The number of nitrogens with zero attached hydrogens (tertiary/aromatic N) is 2. The summed E-state index contributed by atoms with van der Waals surface area (Å²) in [5.74, 6) is 3.40. The molecular weight excluding hydrogens is 401 g/mol. The van der Waals surface area contributed by atoms with Crippen LogP contribution < -0.4 is 4.90 Å². The summed E-state index contributed by atoms with van der Waals surface area (Å²) in [6.07, 6.45) is 0. The van der Waals surface area contributed by atoms with Crippen molar-refractivity contribution in [2.75, 3.05) is 19.0 Å². The molecule has 0 radical (unpaired) electrons. The fourth-order valence-corrected chi connectivity index (χ4v) is 10.3. The van der Waals surface area contributed by atoms with Crippen molar-refractivity contribution in [2.24, 2.45) is 23.7 Å². The average Bonchev–Trinajstić information content (AvgIpc) is 2.70. The zero-order valence-electron chi connectivity index (χ0n) is 21.4. The number of hydrogen-bond acceptors (Lipinski definition) is 1. The van der Waals surface area contributed by atoms with Crippen LogP contribution in [0, 0.1) is 38.0 Å². The third-order valence-electron chi connectivity index (χ3n) is 6.53. The predicted octanol–water partition coefficient (Wildman–Crippen LogP) is 7.67. The van der Waals surface area contributed by atoms with Crippen LogP contribution in [0.25, 0.3) is 4.98 Å². The summed E-state index contributed by atoms with van der Waals surface area (Å²) in [7, 11) is 2.55. The molecule has 1 aliphatic rings. The van der Waals surface area contributed by atoms with Gasteiger partial charge in [-0.25, -0.2) is 0 Å². The summed E-state index contributed by atoms with van der Waals surface area (Å²) in [4.78, 5) is 7.29. The van der Waals surface area contributed by atoms with E-state index in [9.17, 15) is 0 Å². The molecule has 0 amide bonds. The molecule has 2 rings (SSSR count). The maximum atomic E-state index is 5.23. The second-order valence-electron chi connectivity index (χ2n) is 10.4. The molecule has 164 valence electrons. The first-order valence-corrected chi connectivity index (χ1v) is 13.5. The first kappa shape index (κ1) is 31.1. The van der Waals surface area contributed by atoms with E-state index in [1.165, 1.54) is 5.69 Å². The van der Waals surface area contributed by atoms with Gasteiger partial charge in [-0.15, -0.1) is 11.6 Å². The topological polar surface area (TPSA) is 17.3 Å². The van der Waals surface area contributed by atoms with Gasteiger partial charge in [0.15, 0.2) is 0 Å². The van der Waals surface area contributed by atoms with Crippen molar-refractivity contribution in [3.05, 3.63) is 49.2 Å². The normalized spacial score (nSPS) is 26.5. The summed E-state index contributed by atoms with van der Waals surface area (Å²) in [5.41, 5.74) is 3.24. The molecule has 0 saturated heterocycles. The minimum Gasteiger partial charge on any atom is -0.660 e. The van der Waals surface area contributed by atoms with E-state index in [2.05, 4.69) is 79.5 Å². The maximum Gasteiger partial charge on any atom is 3.00 e. The molecule has 1 saturated carbocycles. The zero-order chi connectivity index (χ0) is 21.2. The molecule has 1 fully saturated rings. The van der Waals surface area contributed by atoms with Gasteiger partial charge in [-0.1, -0.05) is 93.2 Å². The average molecular weight is 449 g/mol. The van der Waals surface area contributed by atoms with Crippen molar-refractivity contribution in [3.63, 3.8) is 0 Å². The van der Waals surface area contributed by atoms with Crippen LogP contribution in [0.2, 0.25) is 18.6 Å². The molecule has 1 aromatic carbocycles. The summed E-state index contributed by atoms with van der Waals surface area (Å²) >= 11 is 0. The maximum absolute atomic E-state index is 5.23. The van der Waals surface area contributed by atoms with E-state index in [0.29, 0.717) is 0 Å². The molecule has 4 atom stereocenters. The van der Waals surface area contributed by atoms with Gasteiger partial charge in [0.1, 0.15) is 0 Å². The van der Waals surface area contributed by atoms with Crippen molar-refractivity contribution in [1.29, 1.82) is 0 Å². The van der Waals surface area contributed by atoms with Gasteiger partial charge in [0.05, 0.1) is 0 Å². The zero-order valence-corrected chi connectivity index (χ0v) is 24.2. The Balaban J connectivity index is 0. The Morgan fingerprint density at radius 1 is 0.897 bits per heavy atom. The van der Waals surface area contributed by atoms with Gasteiger partial charge in [0.25, 0.3) is 0 Å². The Hall–Kier alpha value is -0.0630. The molecule has 0 aromatic heterocycles. The molecule has 2 nitrogen and oxygen atoms in total.